The lowest BCUT2D eigenvalue weighted by Gasteiger charge is -2.38. The minimum absolute atomic E-state index is 0.0109. The van der Waals surface area contributed by atoms with Crippen molar-refractivity contribution < 1.29 is 9.59 Å². The van der Waals surface area contributed by atoms with E-state index in [9.17, 15) is 9.59 Å². The zero-order chi connectivity index (χ0) is 12.3. The summed E-state index contributed by atoms with van der Waals surface area (Å²) in [4.78, 5) is 27.3. The van der Waals surface area contributed by atoms with Gasteiger partial charge < -0.3 is 15.1 Å². The molecule has 1 saturated heterocycles. The normalized spacial score (nSPS) is 21.0. The Labute approximate surface area is 102 Å². The van der Waals surface area contributed by atoms with Crippen molar-refractivity contribution >= 4 is 11.9 Å². The molecule has 1 saturated carbocycles. The van der Waals surface area contributed by atoms with Crippen LogP contribution in [-0.4, -0.2) is 54.5 Å². The minimum atomic E-state index is -0.0109. The van der Waals surface area contributed by atoms with E-state index in [1.807, 2.05) is 11.8 Å². The number of nitrogens with zero attached hydrogens (tertiary/aromatic N) is 2. The second-order valence-corrected chi connectivity index (χ2v) is 4.78. The summed E-state index contributed by atoms with van der Waals surface area (Å²) in [5.41, 5.74) is 0. The first-order valence-electron chi connectivity index (χ1n) is 6.54. The molecule has 0 bridgehead atoms. The van der Waals surface area contributed by atoms with Gasteiger partial charge in [-0.15, -0.1) is 0 Å². The number of carbonyl (C=O) groups is 2. The Balaban J connectivity index is 1.77. The van der Waals surface area contributed by atoms with Crippen molar-refractivity contribution in [2.24, 2.45) is 5.92 Å². The van der Waals surface area contributed by atoms with E-state index in [1.54, 1.807) is 4.90 Å². The zero-order valence-corrected chi connectivity index (χ0v) is 10.4. The molecular formula is C12H21N3O2. The zero-order valence-electron chi connectivity index (χ0n) is 10.4. The van der Waals surface area contributed by atoms with Crippen LogP contribution in [0.15, 0.2) is 0 Å². The first-order valence-corrected chi connectivity index (χ1v) is 6.54. The molecule has 0 aromatic rings. The lowest BCUT2D eigenvalue weighted by molar-refractivity contribution is -0.139. The van der Waals surface area contributed by atoms with Gasteiger partial charge in [0.2, 0.25) is 5.91 Å². The summed E-state index contributed by atoms with van der Waals surface area (Å²) in [6.07, 6.45) is 3.29. The summed E-state index contributed by atoms with van der Waals surface area (Å²) in [6.45, 7) is 5.25. The average Bonchev–Trinajstić information content (AvgIpc) is 2.27. The maximum absolute atomic E-state index is 12.0. The van der Waals surface area contributed by atoms with Gasteiger partial charge in [-0.3, -0.25) is 4.79 Å². The highest BCUT2D eigenvalue weighted by molar-refractivity contribution is 5.80. The molecular weight excluding hydrogens is 218 g/mol. The van der Waals surface area contributed by atoms with Gasteiger partial charge in [-0.1, -0.05) is 6.42 Å². The second-order valence-electron chi connectivity index (χ2n) is 4.78. The molecule has 3 amide bonds. The maximum atomic E-state index is 12.0. The van der Waals surface area contributed by atoms with Gasteiger partial charge in [0.25, 0.3) is 0 Å². The first-order chi connectivity index (χ1) is 8.22. The van der Waals surface area contributed by atoms with E-state index in [4.69, 9.17) is 0 Å². The molecule has 1 N–H and O–H groups in total. The van der Waals surface area contributed by atoms with Crippen LogP contribution in [0.5, 0.6) is 0 Å². The third-order valence-electron chi connectivity index (χ3n) is 3.66. The molecule has 0 spiro atoms. The van der Waals surface area contributed by atoms with E-state index in [2.05, 4.69) is 5.32 Å². The highest BCUT2D eigenvalue weighted by Crippen LogP contribution is 2.28. The molecule has 0 atom stereocenters. The van der Waals surface area contributed by atoms with Gasteiger partial charge in [0.15, 0.2) is 0 Å². The van der Waals surface area contributed by atoms with Gasteiger partial charge in [0, 0.05) is 38.6 Å². The lowest BCUT2D eigenvalue weighted by Crippen LogP contribution is -2.54. The molecule has 1 aliphatic heterocycles. The van der Waals surface area contributed by atoms with Crippen molar-refractivity contribution in [3.63, 3.8) is 0 Å². The summed E-state index contributed by atoms with van der Waals surface area (Å²) in [7, 11) is 0. The van der Waals surface area contributed by atoms with Gasteiger partial charge in [-0.05, 0) is 19.8 Å². The Kier molecular flexibility index (Phi) is 3.86. The Hall–Kier alpha value is -1.26. The van der Waals surface area contributed by atoms with Crippen LogP contribution in [-0.2, 0) is 4.79 Å². The summed E-state index contributed by atoms with van der Waals surface area (Å²) in [5, 5.41) is 2.79. The monoisotopic (exact) mass is 239 g/mol. The van der Waals surface area contributed by atoms with Gasteiger partial charge >= 0.3 is 6.03 Å². The number of urea groups is 1. The highest BCUT2D eigenvalue weighted by Gasteiger charge is 2.31. The molecule has 96 valence electrons. The summed E-state index contributed by atoms with van der Waals surface area (Å²) in [5.74, 6) is 0.567. The standard InChI is InChI=1S/C12H21N3O2/c1-2-13-12(17)15-8-6-14(7-9-15)11(16)10-4-3-5-10/h10H,2-9H2,1H3,(H,13,17). The Morgan fingerprint density at radius 1 is 1.12 bits per heavy atom. The average molecular weight is 239 g/mol. The topological polar surface area (TPSA) is 52.7 Å². The van der Waals surface area contributed by atoms with Crippen LogP contribution < -0.4 is 5.32 Å². The van der Waals surface area contributed by atoms with E-state index in [1.165, 1.54) is 6.42 Å². The van der Waals surface area contributed by atoms with E-state index < -0.39 is 0 Å². The molecule has 5 heteroatoms. The smallest absolute Gasteiger partial charge is 0.317 e. The molecule has 0 radical (unpaired) electrons. The first kappa shape index (κ1) is 12.2. The second kappa shape index (κ2) is 5.38. The predicted octanol–water partition coefficient (Wildman–Crippen LogP) is 0.660. The van der Waals surface area contributed by atoms with Crippen LogP contribution in [0.25, 0.3) is 0 Å². The third kappa shape index (κ3) is 2.70. The fourth-order valence-electron chi connectivity index (χ4n) is 2.31. The highest BCUT2D eigenvalue weighted by atomic mass is 16.2. The van der Waals surface area contributed by atoms with Crippen molar-refractivity contribution in [3.05, 3.63) is 0 Å². The predicted molar refractivity (Wildman–Crippen MR) is 64.6 cm³/mol. The van der Waals surface area contributed by atoms with Crippen molar-refractivity contribution in [2.45, 2.75) is 26.2 Å². The summed E-state index contributed by atoms with van der Waals surface area (Å²) >= 11 is 0. The Morgan fingerprint density at radius 3 is 2.18 bits per heavy atom. The molecule has 2 fully saturated rings. The SMILES string of the molecule is CCNC(=O)N1CCN(C(=O)C2CCC2)CC1. The molecule has 17 heavy (non-hydrogen) atoms. The number of rotatable bonds is 2. The van der Waals surface area contributed by atoms with Gasteiger partial charge in [0.05, 0.1) is 0 Å². The number of hydrogen-bond donors (Lipinski definition) is 1. The summed E-state index contributed by atoms with van der Waals surface area (Å²) in [6, 6.07) is -0.0109. The number of nitrogens with one attached hydrogen (secondary N) is 1. The number of hydrogen-bond acceptors (Lipinski definition) is 2. The van der Waals surface area contributed by atoms with Gasteiger partial charge in [0.1, 0.15) is 0 Å². The molecule has 1 heterocycles. The molecule has 2 aliphatic rings. The van der Waals surface area contributed by atoms with Crippen molar-refractivity contribution in [1.29, 1.82) is 0 Å². The number of carbonyl (C=O) groups excluding carboxylic acids is 2. The minimum Gasteiger partial charge on any atom is -0.339 e. The van der Waals surface area contributed by atoms with Gasteiger partial charge in [-0.25, -0.2) is 4.79 Å². The third-order valence-corrected chi connectivity index (χ3v) is 3.66. The van der Waals surface area contributed by atoms with Crippen LogP contribution in [0.4, 0.5) is 4.79 Å². The van der Waals surface area contributed by atoms with E-state index >= 15 is 0 Å². The van der Waals surface area contributed by atoms with Crippen LogP contribution in [0.1, 0.15) is 26.2 Å². The van der Waals surface area contributed by atoms with Crippen LogP contribution in [0.3, 0.4) is 0 Å². The van der Waals surface area contributed by atoms with E-state index in [0.29, 0.717) is 38.6 Å². The fraction of sp³-hybridized carbons (Fsp3) is 0.833. The quantitative estimate of drug-likeness (QED) is 0.769. The Bertz CT molecular complexity index is 294. The van der Waals surface area contributed by atoms with Crippen molar-refractivity contribution in [3.8, 4) is 0 Å². The van der Waals surface area contributed by atoms with Crippen LogP contribution in [0.2, 0.25) is 0 Å². The molecule has 0 aromatic carbocycles. The molecule has 5 nitrogen and oxygen atoms in total. The van der Waals surface area contributed by atoms with Crippen LogP contribution in [0, 0.1) is 5.92 Å². The Morgan fingerprint density at radius 2 is 1.71 bits per heavy atom. The van der Waals surface area contributed by atoms with E-state index in [-0.39, 0.29) is 11.9 Å². The molecule has 0 aromatic heterocycles. The molecule has 0 unspecified atom stereocenters. The van der Waals surface area contributed by atoms with Crippen LogP contribution >= 0.6 is 0 Å². The number of piperazine rings is 1. The lowest BCUT2D eigenvalue weighted by atomic mass is 9.84. The number of amides is 3. The van der Waals surface area contributed by atoms with Gasteiger partial charge in [-0.2, -0.15) is 0 Å². The van der Waals surface area contributed by atoms with E-state index in [0.717, 1.165) is 12.8 Å². The largest absolute Gasteiger partial charge is 0.339 e. The van der Waals surface area contributed by atoms with Crippen molar-refractivity contribution in [2.75, 3.05) is 32.7 Å². The van der Waals surface area contributed by atoms with Crippen molar-refractivity contribution in [1.82, 2.24) is 15.1 Å². The summed E-state index contributed by atoms with van der Waals surface area (Å²) < 4.78 is 0. The fourth-order valence-corrected chi connectivity index (χ4v) is 2.31. The maximum Gasteiger partial charge on any atom is 0.317 e. The molecule has 2 rings (SSSR count). The molecule has 1 aliphatic carbocycles.